The summed E-state index contributed by atoms with van der Waals surface area (Å²) in [6.45, 7) is 1.25. The maximum absolute atomic E-state index is 12.2. The van der Waals surface area contributed by atoms with Crippen LogP contribution < -0.4 is 10.0 Å². The molecule has 0 radical (unpaired) electrons. The van der Waals surface area contributed by atoms with E-state index in [0.717, 1.165) is 24.3 Å². The van der Waals surface area contributed by atoms with Crippen molar-refractivity contribution in [3.63, 3.8) is 0 Å². The van der Waals surface area contributed by atoms with Gasteiger partial charge in [-0.15, -0.1) is 0 Å². The lowest BCUT2D eigenvalue weighted by Crippen LogP contribution is -2.30. The van der Waals surface area contributed by atoms with E-state index in [4.69, 9.17) is 0 Å². The van der Waals surface area contributed by atoms with Gasteiger partial charge in [0, 0.05) is 30.6 Å². The maximum atomic E-state index is 12.2. The van der Waals surface area contributed by atoms with Crippen LogP contribution >= 0.6 is 11.8 Å². The van der Waals surface area contributed by atoms with Crippen molar-refractivity contribution in [1.29, 1.82) is 0 Å². The fourth-order valence-electron chi connectivity index (χ4n) is 2.31. The van der Waals surface area contributed by atoms with Gasteiger partial charge in [0.1, 0.15) is 0 Å². The standard InChI is InChI=1S/C14H21N3O2S2/c18-21(19,17-10-13-2-1-7-20-13)14-6-3-11(9-16-14)8-15-12-4-5-12/h3,6,9,12-13,15,17H,1-2,4-5,7-8,10H2. The molecule has 1 aromatic rings. The first-order valence-electron chi connectivity index (χ1n) is 7.43. The summed E-state index contributed by atoms with van der Waals surface area (Å²) in [4.78, 5) is 4.10. The lowest BCUT2D eigenvalue weighted by Gasteiger charge is -2.10. The predicted molar refractivity (Wildman–Crippen MR) is 84.8 cm³/mol. The largest absolute Gasteiger partial charge is 0.310 e. The zero-order valence-electron chi connectivity index (χ0n) is 11.9. The molecule has 2 heterocycles. The van der Waals surface area contributed by atoms with Gasteiger partial charge < -0.3 is 5.32 Å². The summed E-state index contributed by atoms with van der Waals surface area (Å²) in [6.07, 6.45) is 6.39. The highest BCUT2D eigenvalue weighted by Crippen LogP contribution is 2.25. The number of nitrogens with one attached hydrogen (secondary N) is 2. The van der Waals surface area contributed by atoms with Gasteiger partial charge in [-0.25, -0.2) is 18.1 Å². The number of pyridine rings is 1. The zero-order valence-corrected chi connectivity index (χ0v) is 13.5. The Bertz CT molecular complexity index is 564. The molecule has 1 saturated heterocycles. The van der Waals surface area contributed by atoms with E-state index in [9.17, 15) is 8.42 Å². The first-order chi connectivity index (χ1) is 10.1. The molecular formula is C14H21N3O2S2. The molecule has 1 unspecified atom stereocenters. The molecule has 1 aliphatic carbocycles. The third kappa shape index (κ3) is 4.42. The Morgan fingerprint density at radius 2 is 2.14 bits per heavy atom. The monoisotopic (exact) mass is 327 g/mol. The Morgan fingerprint density at radius 3 is 2.76 bits per heavy atom. The van der Waals surface area contributed by atoms with E-state index in [1.807, 2.05) is 17.8 Å². The van der Waals surface area contributed by atoms with E-state index >= 15 is 0 Å². The number of aromatic nitrogens is 1. The van der Waals surface area contributed by atoms with Gasteiger partial charge in [-0.3, -0.25) is 0 Å². The molecule has 0 amide bonds. The van der Waals surface area contributed by atoms with Crippen LogP contribution in [0.25, 0.3) is 0 Å². The van der Waals surface area contributed by atoms with E-state index in [1.54, 1.807) is 12.3 Å². The molecule has 1 aromatic heterocycles. The lowest BCUT2D eigenvalue weighted by molar-refractivity contribution is 0.575. The summed E-state index contributed by atoms with van der Waals surface area (Å²) in [5.74, 6) is 1.13. The van der Waals surface area contributed by atoms with Crippen LogP contribution in [0.15, 0.2) is 23.4 Å². The Hall–Kier alpha value is -0.630. The number of rotatable bonds is 7. The Morgan fingerprint density at radius 1 is 1.29 bits per heavy atom. The minimum atomic E-state index is -3.48. The normalized spacial score (nSPS) is 22.6. The summed E-state index contributed by atoms with van der Waals surface area (Å²) < 4.78 is 27.0. The Kier molecular flexibility index (Phi) is 4.83. The summed E-state index contributed by atoms with van der Waals surface area (Å²) in [5.41, 5.74) is 1.02. The quantitative estimate of drug-likeness (QED) is 0.794. The molecule has 2 aliphatic rings. The van der Waals surface area contributed by atoms with Gasteiger partial charge in [0.15, 0.2) is 5.03 Å². The molecular weight excluding hydrogens is 306 g/mol. The number of sulfonamides is 1. The summed E-state index contributed by atoms with van der Waals surface area (Å²) >= 11 is 1.84. The molecule has 2 N–H and O–H groups in total. The molecule has 0 bridgehead atoms. The van der Waals surface area contributed by atoms with E-state index in [-0.39, 0.29) is 5.03 Å². The molecule has 2 fully saturated rings. The second-order valence-electron chi connectivity index (χ2n) is 5.65. The van der Waals surface area contributed by atoms with Crippen molar-refractivity contribution in [3.8, 4) is 0 Å². The SMILES string of the molecule is O=S(=O)(NCC1CCCS1)c1ccc(CNC2CC2)cn1. The molecule has 0 aromatic carbocycles. The van der Waals surface area contributed by atoms with E-state index in [1.165, 1.54) is 19.3 Å². The van der Waals surface area contributed by atoms with Crippen LogP contribution in [0.3, 0.4) is 0 Å². The molecule has 3 rings (SSSR count). The molecule has 1 atom stereocenters. The van der Waals surface area contributed by atoms with Crippen molar-refractivity contribution in [2.45, 2.75) is 48.5 Å². The second-order valence-corrected chi connectivity index (χ2v) is 8.77. The third-order valence-corrected chi connectivity index (χ3v) is 6.51. The fourth-order valence-corrected chi connectivity index (χ4v) is 4.62. The third-order valence-electron chi connectivity index (χ3n) is 3.77. The Labute approximate surface area is 130 Å². The van der Waals surface area contributed by atoms with Gasteiger partial charge >= 0.3 is 0 Å². The van der Waals surface area contributed by atoms with Crippen LogP contribution in [0.2, 0.25) is 0 Å². The highest BCUT2D eigenvalue weighted by atomic mass is 32.2. The molecule has 1 saturated carbocycles. The van der Waals surface area contributed by atoms with Crippen molar-refractivity contribution in [1.82, 2.24) is 15.0 Å². The van der Waals surface area contributed by atoms with E-state index in [0.29, 0.717) is 17.8 Å². The molecule has 1 aliphatic heterocycles. The van der Waals surface area contributed by atoms with Gasteiger partial charge in [-0.1, -0.05) is 6.07 Å². The van der Waals surface area contributed by atoms with Gasteiger partial charge in [0.05, 0.1) is 0 Å². The van der Waals surface area contributed by atoms with Crippen molar-refractivity contribution >= 4 is 21.8 Å². The van der Waals surface area contributed by atoms with Crippen molar-refractivity contribution in [3.05, 3.63) is 23.9 Å². The highest BCUT2D eigenvalue weighted by molar-refractivity contribution is 8.00. The average molecular weight is 327 g/mol. The van der Waals surface area contributed by atoms with Crippen molar-refractivity contribution in [2.24, 2.45) is 0 Å². The lowest BCUT2D eigenvalue weighted by atomic mass is 10.2. The van der Waals surface area contributed by atoms with Crippen LogP contribution in [0.1, 0.15) is 31.2 Å². The van der Waals surface area contributed by atoms with Crippen LogP contribution in [0.4, 0.5) is 0 Å². The highest BCUT2D eigenvalue weighted by Gasteiger charge is 2.22. The number of hydrogen-bond donors (Lipinski definition) is 2. The van der Waals surface area contributed by atoms with E-state index in [2.05, 4.69) is 15.0 Å². The zero-order chi connectivity index (χ0) is 14.7. The molecule has 21 heavy (non-hydrogen) atoms. The van der Waals surface area contributed by atoms with Crippen LogP contribution in [0.5, 0.6) is 0 Å². The van der Waals surface area contributed by atoms with Crippen LogP contribution in [-0.4, -0.2) is 37.0 Å². The molecule has 116 valence electrons. The molecule has 5 nitrogen and oxygen atoms in total. The van der Waals surface area contributed by atoms with Crippen molar-refractivity contribution in [2.75, 3.05) is 12.3 Å². The van der Waals surface area contributed by atoms with E-state index < -0.39 is 10.0 Å². The van der Waals surface area contributed by atoms with Gasteiger partial charge in [0.2, 0.25) is 0 Å². The number of thioether (sulfide) groups is 1. The predicted octanol–water partition coefficient (Wildman–Crippen LogP) is 1.51. The minimum absolute atomic E-state index is 0.112. The fraction of sp³-hybridized carbons (Fsp3) is 0.643. The Balaban J connectivity index is 1.55. The summed E-state index contributed by atoms with van der Waals surface area (Å²) in [6, 6.07) is 4.06. The summed E-state index contributed by atoms with van der Waals surface area (Å²) in [7, 11) is -3.48. The molecule has 7 heteroatoms. The first kappa shape index (κ1) is 15.3. The van der Waals surface area contributed by atoms with Crippen LogP contribution in [0, 0.1) is 0 Å². The average Bonchev–Trinajstić information content (AvgIpc) is 3.17. The maximum Gasteiger partial charge on any atom is 0.258 e. The van der Waals surface area contributed by atoms with Gasteiger partial charge in [0.25, 0.3) is 10.0 Å². The van der Waals surface area contributed by atoms with Crippen molar-refractivity contribution < 1.29 is 8.42 Å². The summed E-state index contributed by atoms with van der Waals surface area (Å²) in [5, 5.41) is 3.90. The minimum Gasteiger partial charge on any atom is -0.310 e. The second kappa shape index (κ2) is 6.64. The number of hydrogen-bond acceptors (Lipinski definition) is 5. The van der Waals surface area contributed by atoms with Crippen LogP contribution in [-0.2, 0) is 16.6 Å². The number of nitrogens with zero attached hydrogens (tertiary/aromatic N) is 1. The van der Waals surface area contributed by atoms with Gasteiger partial charge in [-0.2, -0.15) is 11.8 Å². The van der Waals surface area contributed by atoms with Gasteiger partial charge in [-0.05, 0) is 43.1 Å². The smallest absolute Gasteiger partial charge is 0.258 e. The topological polar surface area (TPSA) is 71.1 Å². The molecule has 0 spiro atoms. The first-order valence-corrected chi connectivity index (χ1v) is 9.96.